The molecule has 0 atom stereocenters. The first-order chi connectivity index (χ1) is 9.43. The zero-order chi connectivity index (χ0) is 14.8. The third-order valence-corrected chi connectivity index (χ3v) is 5.96. The zero-order valence-electron chi connectivity index (χ0n) is 13.5. The van der Waals surface area contributed by atoms with Crippen molar-refractivity contribution in [3.63, 3.8) is 0 Å². The molecule has 0 N–H and O–H groups in total. The molecule has 0 radical (unpaired) electrons. The van der Waals surface area contributed by atoms with Crippen LogP contribution in [0.2, 0.25) is 19.6 Å². The van der Waals surface area contributed by atoms with Crippen molar-refractivity contribution in [2.75, 3.05) is 38.3 Å². The number of aryl methyl sites for hydroxylation is 1. The van der Waals surface area contributed by atoms with Crippen molar-refractivity contribution in [2.45, 2.75) is 33.2 Å². The van der Waals surface area contributed by atoms with E-state index >= 15 is 0 Å². The van der Waals surface area contributed by atoms with Crippen LogP contribution in [0.1, 0.15) is 11.1 Å². The fourth-order valence-corrected chi connectivity index (χ4v) is 4.55. The third-order valence-electron chi connectivity index (χ3n) is 3.88. The number of anilines is 1. The van der Waals surface area contributed by atoms with Gasteiger partial charge >= 0.3 is 0 Å². The van der Waals surface area contributed by atoms with Gasteiger partial charge in [-0.3, -0.25) is 0 Å². The van der Waals surface area contributed by atoms with Crippen LogP contribution in [0.3, 0.4) is 0 Å². The highest BCUT2D eigenvalue weighted by molar-refractivity contribution is 6.89. The topological polar surface area (TPSA) is 21.7 Å². The molecular weight excluding hydrogens is 266 g/mol. The van der Waals surface area contributed by atoms with Crippen molar-refractivity contribution in [3.8, 4) is 0 Å². The first kappa shape index (κ1) is 15.5. The predicted octanol–water partition coefficient (Wildman–Crippen LogP) is 2.52. The van der Waals surface area contributed by atoms with Crippen molar-refractivity contribution >= 4 is 18.9 Å². The monoisotopic (exact) mass is 293 g/mol. The molecule has 20 heavy (non-hydrogen) atoms. The van der Waals surface area contributed by atoms with Crippen molar-refractivity contribution in [1.29, 1.82) is 0 Å². The highest BCUT2D eigenvalue weighted by Crippen LogP contribution is 2.23. The van der Waals surface area contributed by atoms with Crippen LogP contribution < -0.4 is 10.1 Å². The van der Waals surface area contributed by atoms with E-state index in [4.69, 9.17) is 9.47 Å². The molecule has 1 saturated heterocycles. The summed E-state index contributed by atoms with van der Waals surface area (Å²) in [6, 6.07) is 4.74. The molecule has 0 unspecified atom stereocenters. The van der Waals surface area contributed by atoms with E-state index in [-0.39, 0.29) is 0 Å². The molecule has 0 aliphatic carbocycles. The number of ether oxygens (including phenoxy) is 2. The summed E-state index contributed by atoms with van der Waals surface area (Å²) >= 11 is 0. The number of rotatable bonds is 4. The molecule has 2 rings (SSSR count). The van der Waals surface area contributed by atoms with Gasteiger partial charge in [-0.15, -0.1) is 0 Å². The maximum atomic E-state index is 5.47. The minimum Gasteiger partial charge on any atom is -0.380 e. The van der Waals surface area contributed by atoms with Crippen molar-refractivity contribution in [1.82, 2.24) is 0 Å². The first-order valence-electron chi connectivity index (χ1n) is 7.39. The fraction of sp³-hybridized carbons (Fsp3) is 0.625. The summed E-state index contributed by atoms with van der Waals surface area (Å²) in [6.07, 6.45) is 0. The standard InChI is InChI=1S/C16H27NO2Si/c1-13-10-14(12-18-2)16(20(3,4)5)11-15(13)17-6-8-19-9-7-17/h10-11H,6-9,12H2,1-5H3. The Labute approximate surface area is 123 Å². The van der Waals surface area contributed by atoms with Crippen molar-refractivity contribution in [3.05, 3.63) is 23.3 Å². The second-order valence-corrected chi connectivity index (χ2v) is 11.6. The summed E-state index contributed by atoms with van der Waals surface area (Å²) in [4.78, 5) is 2.46. The fourth-order valence-electron chi connectivity index (χ4n) is 2.87. The summed E-state index contributed by atoms with van der Waals surface area (Å²) in [5, 5.41) is 1.52. The summed E-state index contributed by atoms with van der Waals surface area (Å²) in [7, 11) is 0.406. The molecule has 1 heterocycles. The molecule has 1 aliphatic rings. The lowest BCUT2D eigenvalue weighted by atomic mass is 10.1. The summed E-state index contributed by atoms with van der Waals surface area (Å²) < 4.78 is 10.9. The zero-order valence-corrected chi connectivity index (χ0v) is 14.5. The van der Waals surface area contributed by atoms with Gasteiger partial charge in [-0.25, -0.2) is 0 Å². The number of hydrogen-bond acceptors (Lipinski definition) is 3. The second-order valence-electron chi connectivity index (χ2n) is 6.58. The van der Waals surface area contributed by atoms with Gasteiger partial charge in [-0.05, 0) is 24.1 Å². The van der Waals surface area contributed by atoms with E-state index in [1.54, 1.807) is 7.11 Å². The Morgan fingerprint density at radius 3 is 2.40 bits per heavy atom. The molecule has 1 aliphatic heterocycles. The van der Waals surface area contributed by atoms with E-state index in [9.17, 15) is 0 Å². The minimum absolute atomic E-state index is 0.712. The molecule has 3 nitrogen and oxygen atoms in total. The van der Waals surface area contributed by atoms with E-state index in [0.717, 1.165) is 26.3 Å². The van der Waals surface area contributed by atoms with E-state index < -0.39 is 8.07 Å². The maximum Gasteiger partial charge on any atom is 0.0781 e. The minimum atomic E-state index is -1.37. The van der Waals surface area contributed by atoms with Gasteiger partial charge in [0.2, 0.25) is 0 Å². The summed E-state index contributed by atoms with van der Waals surface area (Å²) in [5.74, 6) is 0. The van der Waals surface area contributed by atoms with Crippen LogP contribution in [0.4, 0.5) is 5.69 Å². The molecule has 4 heteroatoms. The first-order valence-corrected chi connectivity index (χ1v) is 10.9. The lowest BCUT2D eigenvalue weighted by Crippen LogP contribution is -2.42. The Bertz CT molecular complexity index is 462. The van der Waals surface area contributed by atoms with Gasteiger partial charge in [-0.2, -0.15) is 0 Å². The molecule has 1 aromatic carbocycles. The van der Waals surface area contributed by atoms with E-state index in [1.807, 2.05) is 0 Å². The van der Waals surface area contributed by atoms with Gasteiger partial charge < -0.3 is 14.4 Å². The Morgan fingerprint density at radius 2 is 1.85 bits per heavy atom. The normalized spacial score (nSPS) is 16.6. The van der Waals surface area contributed by atoms with Gasteiger partial charge in [0, 0.05) is 25.9 Å². The Balaban J connectivity index is 2.42. The van der Waals surface area contributed by atoms with Crippen LogP contribution in [0.25, 0.3) is 0 Å². The molecule has 0 bridgehead atoms. The smallest absolute Gasteiger partial charge is 0.0781 e. The number of benzene rings is 1. The van der Waals surface area contributed by atoms with E-state index in [1.165, 1.54) is 22.0 Å². The molecule has 0 saturated carbocycles. The quantitative estimate of drug-likeness (QED) is 0.796. The second kappa shape index (κ2) is 6.29. The molecule has 0 spiro atoms. The summed E-state index contributed by atoms with van der Waals surface area (Å²) in [6.45, 7) is 13.8. The van der Waals surface area contributed by atoms with Crippen LogP contribution in [0.15, 0.2) is 12.1 Å². The SMILES string of the molecule is COCc1cc(C)c(N2CCOCC2)cc1[Si](C)(C)C. The molecule has 0 amide bonds. The highest BCUT2D eigenvalue weighted by atomic mass is 28.3. The van der Waals surface area contributed by atoms with Gasteiger partial charge in [-0.1, -0.05) is 30.9 Å². The number of methoxy groups -OCH3 is 1. The van der Waals surface area contributed by atoms with Crippen molar-refractivity contribution in [2.24, 2.45) is 0 Å². The third kappa shape index (κ3) is 3.43. The van der Waals surface area contributed by atoms with Crippen LogP contribution in [-0.2, 0) is 16.1 Å². The van der Waals surface area contributed by atoms with Gasteiger partial charge in [0.15, 0.2) is 0 Å². The van der Waals surface area contributed by atoms with E-state index in [0.29, 0.717) is 6.61 Å². The largest absolute Gasteiger partial charge is 0.380 e. The molecule has 112 valence electrons. The average Bonchev–Trinajstić information content (AvgIpc) is 2.39. The lowest BCUT2D eigenvalue weighted by Gasteiger charge is -2.32. The number of nitrogens with zero attached hydrogens (tertiary/aromatic N) is 1. The Morgan fingerprint density at radius 1 is 1.20 bits per heavy atom. The maximum absolute atomic E-state index is 5.47. The number of hydrogen-bond donors (Lipinski definition) is 0. The van der Waals surface area contributed by atoms with Crippen LogP contribution >= 0.6 is 0 Å². The van der Waals surface area contributed by atoms with Crippen LogP contribution in [-0.4, -0.2) is 41.5 Å². The van der Waals surface area contributed by atoms with E-state index in [2.05, 4.69) is 43.6 Å². The van der Waals surface area contributed by atoms with Gasteiger partial charge in [0.1, 0.15) is 0 Å². The van der Waals surface area contributed by atoms with Crippen LogP contribution in [0.5, 0.6) is 0 Å². The molecule has 1 aromatic rings. The number of morpholine rings is 1. The Kier molecular flexibility index (Phi) is 4.89. The molecule has 0 aromatic heterocycles. The van der Waals surface area contributed by atoms with Crippen molar-refractivity contribution < 1.29 is 9.47 Å². The van der Waals surface area contributed by atoms with Crippen LogP contribution in [0, 0.1) is 6.92 Å². The predicted molar refractivity (Wildman–Crippen MR) is 87.9 cm³/mol. The molecule has 1 fully saturated rings. The molecular formula is C16H27NO2Si. The average molecular weight is 293 g/mol. The lowest BCUT2D eigenvalue weighted by molar-refractivity contribution is 0.122. The van der Waals surface area contributed by atoms with Gasteiger partial charge in [0.05, 0.1) is 27.9 Å². The van der Waals surface area contributed by atoms with Gasteiger partial charge in [0.25, 0.3) is 0 Å². The summed E-state index contributed by atoms with van der Waals surface area (Å²) in [5.41, 5.74) is 4.09. The highest BCUT2D eigenvalue weighted by Gasteiger charge is 2.23. The Hall–Kier alpha value is -0.843.